The first-order valence-corrected chi connectivity index (χ1v) is 28.7. The zero-order valence-corrected chi connectivity index (χ0v) is 50.0. The Kier molecular flexibility index (Phi) is 17.8. The number of hydrogen-bond donors (Lipinski definition) is 12. The van der Waals surface area contributed by atoms with E-state index in [1.807, 2.05) is 0 Å². The van der Waals surface area contributed by atoms with E-state index in [1.165, 1.54) is 73.9 Å². The monoisotopic (exact) mass is 1330 g/mol. The SMILES string of the molecule is CN1C(=O)[C@@H](c2cc(Cl)c(O)c(Cl)c2)NC(=O)[C@@H]2NC(=O)[C@@H](c3cc(Cl)c(O)c(Cl)c3)NC(=O)[C@H](NC(=O)C(=O)c3cc(Cl)c(O)c(Cl)c3)Cc3c[nH]c4c(cccc34)-c3cc2cc(c3O)Oc2ccc(cc2)C[C@H]1C(=O)N[C@@H](C(=O)O)c1ccc(O)cc1. The van der Waals surface area contributed by atoms with Gasteiger partial charge in [0.15, 0.2) is 34.8 Å². The Bertz CT molecular complexity index is 4210. The third-order valence-corrected chi connectivity index (χ3v) is 16.6. The number of carboxylic acids is 1. The van der Waals surface area contributed by atoms with Gasteiger partial charge in [0.25, 0.3) is 5.91 Å². The van der Waals surface area contributed by atoms with E-state index < -0.39 is 133 Å². The van der Waals surface area contributed by atoms with E-state index in [4.69, 9.17) is 74.3 Å². The zero-order chi connectivity index (χ0) is 64.0. The molecule has 1 aromatic heterocycles. The van der Waals surface area contributed by atoms with Crippen LogP contribution in [0, 0.1) is 0 Å². The standard InChI is InChI=1S/C61H45Cl6N7O15/c1-74-43(56(82)73-48(61(87)88)25-7-9-31(75)10-8-25)13-24-5-11-32(12-6-24)89-44-22-26-14-35(51(44)77)34-4-2-3-33-30(23-68-49(33)34)21-42(69-59(85)50(76)29-19-40(66)54(80)41(67)20-29)55(81)70-46(27-15-36(62)52(78)37(63)16-27)57(83)71-45(26)58(84)72-47(60(74)86)28-17-38(64)53(79)39(65)18-28/h2-12,14-20,22-23,42-43,45-48,68,75,77-80H,13,21H2,1H3,(H,69,85)(H,70,81)(H,71,83)(H,72,84)(H,73,82)(H,87,88)/t42-,43+,45-,46-,47-,48-/m1/s1. The molecular weight excluding hydrogens is 1280 g/mol. The number of rotatable bonds is 9. The van der Waals surface area contributed by atoms with Crippen LogP contribution in [0.1, 0.15) is 67.9 Å². The predicted octanol–water partition coefficient (Wildman–Crippen LogP) is 9.20. The van der Waals surface area contributed by atoms with Gasteiger partial charge in [-0.15, -0.1) is 0 Å². The summed E-state index contributed by atoms with van der Waals surface area (Å²) in [7, 11) is 1.19. The number of halogens is 6. The summed E-state index contributed by atoms with van der Waals surface area (Å²) in [5, 5.41) is 75.1. The number of ether oxygens (including phenoxy) is 1. The number of phenolic OH excluding ortho intramolecular Hbond substituents is 5. The smallest absolute Gasteiger partial charge is 0.330 e. The van der Waals surface area contributed by atoms with Gasteiger partial charge in [-0.2, -0.15) is 0 Å². The van der Waals surface area contributed by atoms with Crippen LogP contribution < -0.4 is 31.3 Å². The van der Waals surface area contributed by atoms with Crippen molar-refractivity contribution in [1.82, 2.24) is 36.5 Å². The molecule has 12 N–H and O–H groups in total. The van der Waals surface area contributed by atoms with Gasteiger partial charge in [-0.05, 0) is 106 Å². The number of para-hydroxylation sites is 1. The van der Waals surface area contributed by atoms with Gasteiger partial charge in [0.05, 0.1) is 35.7 Å². The lowest BCUT2D eigenvalue weighted by Crippen LogP contribution is -2.54. The van der Waals surface area contributed by atoms with Crippen LogP contribution in [0.25, 0.3) is 22.0 Å². The number of H-pyrrole nitrogens is 1. The number of aromatic amines is 1. The van der Waals surface area contributed by atoms with E-state index in [0.717, 1.165) is 41.3 Å². The zero-order valence-electron chi connectivity index (χ0n) is 45.5. The highest BCUT2D eigenvalue weighted by Crippen LogP contribution is 2.46. The summed E-state index contributed by atoms with van der Waals surface area (Å²) in [6.45, 7) is 0. The van der Waals surface area contributed by atoms with Crippen molar-refractivity contribution in [3.8, 4) is 51.4 Å². The minimum atomic E-state index is -2.08. The molecule has 6 atom stereocenters. The summed E-state index contributed by atoms with van der Waals surface area (Å²) in [6.07, 6.45) is 0.734. The van der Waals surface area contributed by atoms with E-state index in [0.29, 0.717) is 22.0 Å². The van der Waals surface area contributed by atoms with Gasteiger partial charge < -0.3 is 71.8 Å². The van der Waals surface area contributed by atoms with Crippen molar-refractivity contribution in [2.45, 2.75) is 49.1 Å². The van der Waals surface area contributed by atoms with Crippen molar-refractivity contribution < 1.29 is 73.7 Å². The summed E-state index contributed by atoms with van der Waals surface area (Å²) in [4.78, 5) is 121. The molecule has 0 saturated carbocycles. The third-order valence-electron chi connectivity index (χ3n) is 14.9. The van der Waals surface area contributed by atoms with Gasteiger partial charge in [0, 0.05) is 48.2 Å². The van der Waals surface area contributed by atoms with Gasteiger partial charge >= 0.3 is 5.97 Å². The Labute approximate surface area is 532 Å². The minimum absolute atomic E-state index is 0.0362. The van der Waals surface area contributed by atoms with Gasteiger partial charge in [-0.1, -0.05) is 112 Å². The van der Waals surface area contributed by atoms with E-state index in [2.05, 4.69) is 31.6 Å². The van der Waals surface area contributed by atoms with E-state index in [9.17, 15) is 49.8 Å². The fraction of sp³-hybridized carbons (Fsp3) is 0.148. The number of carbonyl (C=O) groups excluding carboxylic acids is 7. The van der Waals surface area contributed by atoms with E-state index >= 15 is 19.2 Å². The first-order chi connectivity index (χ1) is 42.3. The third kappa shape index (κ3) is 12.8. The maximum Gasteiger partial charge on any atom is 0.330 e. The number of aromatic nitrogens is 1. The first kappa shape index (κ1) is 62.6. The van der Waals surface area contributed by atoms with Gasteiger partial charge in [-0.25, -0.2) is 4.79 Å². The molecular formula is C61H45Cl6N7O15. The van der Waals surface area contributed by atoms with E-state index in [1.54, 1.807) is 18.2 Å². The summed E-state index contributed by atoms with van der Waals surface area (Å²) < 4.78 is 6.40. The largest absolute Gasteiger partial charge is 0.508 e. The molecule has 0 aliphatic carbocycles. The molecule has 0 radical (unpaired) electrons. The molecule has 11 rings (SSSR count). The number of fused-ring (bicyclic) bond motifs is 10. The van der Waals surface area contributed by atoms with Crippen LogP contribution in [0.5, 0.6) is 40.2 Å². The summed E-state index contributed by atoms with van der Waals surface area (Å²) in [5.74, 6) is -12.8. The highest BCUT2D eigenvalue weighted by atomic mass is 35.5. The van der Waals surface area contributed by atoms with Crippen LogP contribution in [0.3, 0.4) is 0 Å². The molecule has 6 amide bonds. The number of aliphatic carboxylic acids is 1. The molecule has 3 aliphatic heterocycles. The van der Waals surface area contributed by atoms with Crippen molar-refractivity contribution in [1.29, 1.82) is 0 Å². The van der Waals surface area contributed by atoms with Crippen LogP contribution in [-0.2, 0) is 46.4 Å². The molecule has 9 bridgehead atoms. The van der Waals surface area contributed by atoms with Crippen molar-refractivity contribution in [2.75, 3.05) is 7.05 Å². The molecule has 89 heavy (non-hydrogen) atoms. The van der Waals surface area contributed by atoms with Gasteiger partial charge in [0.1, 0.15) is 41.7 Å². The molecule has 0 spiro atoms. The number of ketones is 1. The van der Waals surface area contributed by atoms with Crippen LogP contribution in [0.15, 0.2) is 121 Å². The average molecular weight is 1330 g/mol. The number of nitrogens with one attached hydrogen (secondary N) is 6. The normalized spacial score (nSPS) is 18.2. The Morgan fingerprint density at radius 1 is 0.607 bits per heavy atom. The van der Waals surface area contributed by atoms with Crippen molar-refractivity contribution >= 4 is 128 Å². The van der Waals surface area contributed by atoms with Crippen LogP contribution >= 0.6 is 69.6 Å². The lowest BCUT2D eigenvalue weighted by atomic mass is 9.94. The molecule has 0 unspecified atom stereocenters. The number of nitrogens with zero attached hydrogens (tertiary/aromatic N) is 1. The molecule has 22 nitrogen and oxygen atoms in total. The molecule has 0 fully saturated rings. The molecule has 4 heterocycles. The fourth-order valence-corrected chi connectivity index (χ4v) is 11.7. The number of likely N-dealkylation sites (N-methyl/N-ethyl adjacent to an activating group) is 1. The molecule has 8 aromatic rings. The Hall–Kier alpha value is -9.42. The number of aromatic hydroxyl groups is 5. The van der Waals surface area contributed by atoms with Crippen LogP contribution in [0.2, 0.25) is 30.1 Å². The van der Waals surface area contributed by atoms with Crippen molar-refractivity contribution in [2.24, 2.45) is 0 Å². The van der Waals surface area contributed by atoms with Gasteiger partial charge in [-0.3, -0.25) is 33.6 Å². The van der Waals surface area contributed by atoms with Crippen molar-refractivity contribution in [3.63, 3.8) is 0 Å². The number of Topliss-reactive ketones (excluding diaryl/α,β-unsaturated/α-hetero) is 1. The van der Waals surface area contributed by atoms with E-state index in [-0.39, 0.29) is 72.7 Å². The molecule has 0 saturated heterocycles. The lowest BCUT2D eigenvalue weighted by molar-refractivity contribution is -0.145. The average Bonchev–Trinajstić information content (AvgIpc) is 1.86. The highest BCUT2D eigenvalue weighted by Gasteiger charge is 2.40. The Balaban J connectivity index is 1.16. The lowest BCUT2D eigenvalue weighted by Gasteiger charge is -2.33. The number of carboxylic acid groups (broad SMARTS) is 1. The quantitative estimate of drug-likeness (QED) is 0.0473. The molecule has 7 aromatic carbocycles. The topological polar surface area (TPSA) is 346 Å². The van der Waals surface area contributed by atoms with Crippen LogP contribution in [0.4, 0.5) is 0 Å². The van der Waals surface area contributed by atoms with Gasteiger partial charge in [0.2, 0.25) is 35.3 Å². The number of hydrogen-bond acceptors (Lipinski definition) is 14. The number of carbonyl (C=O) groups is 8. The molecule has 28 heteroatoms. The van der Waals surface area contributed by atoms with Crippen LogP contribution in [-0.4, -0.2) is 107 Å². The maximum atomic E-state index is 15.8. The second-order valence-electron chi connectivity index (χ2n) is 20.6. The second kappa shape index (κ2) is 25.4. The second-order valence-corrected chi connectivity index (χ2v) is 23.0. The first-order valence-electron chi connectivity index (χ1n) is 26.4. The minimum Gasteiger partial charge on any atom is -0.508 e. The maximum absolute atomic E-state index is 15.8. The predicted molar refractivity (Wildman–Crippen MR) is 326 cm³/mol. The molecule has 456 valence electrons. The number of amides is 6. The van der Waals surface area contributed by atoms with Crippen molar-refractivity contribution in [3.05, 3.63) is 191 Å². The molecule has 3 aliphatic rings. The number of phenols is 5. The Morgan fingerprint density at radius 3 is 1.71 bits per heavy atom. The highest BCUT2D eigenvalue weighted by molar-refractivity contribution is 6.45. The summed E-state index contributed by atoms with van der Waals surface area (Å²) >= 11 is 38.1. The fourth-order valence-electron chi connectivity index (χ4n) is 10.3. The number of benzene rings is 7. The summed E-state index contributed by atoms with van der Waals surface area (Å²) in [6, 6.07) is 13.3. The Morgan fingerprint density at radius 2 is 1.13 bits per heavy atom. The summed E-state index contributed by atoms with van der Waals surface area (Å²) in [5.41, 5.74) is 0.227.